The molecule has 0 unspecified atom stereocenters. The molecule has 8 heteroatoms. The van der Waals surface area contributed by atoms with E-state index < -0.39 is 23.3 Å². The number of nitrogens with zero attached hydrogens (tertiary/aromatic N) is 4. The highest BCUT2D eigenvalue weighted by atomic mass is 19.1. The second-order valence-corrected chi connectivity index (χ2v) is 14.9. The molecule has 0 spiro atoms. The van der Waals surface area contributed by atoms with Crippen molar-refractivity contribution in [1.29, 1.82) is 10.5 Å². The fraction of sp³-hybridized carbons (Fsp3) is 0. The second kappa shape index (κ2) is 15.3. The van der Waals surface area contributed by atoms with E-state index in [4.69, 9.17) is 0 Å². The normalized spacial score (nSPS) is 11.2. The molecule has 62 heavy (non-hydrogen) atoms. The topological polar surface area (TPSA) is 54.1 Å². The second-order valence-electron chi connectivity index (χ2n) is 14.9. The Labute approximate surface area is 353 Å². The Morgan fingerprint density at radius 1 is 0.355 bits per heavy atom. The van der Waals surface area contributed by atoms with E-state index in [0.717, 1.165) is 44.5 Å². The summed E-state index contributed by atoms with van der Waals surface area (Å²) >= 11 is 0. The molecular weight excluding hydrogens is 781 g/mol. The maximum atomic E-state index is 16.4. The van der Waals surface area contributed by atoms with Gasteiger partial charge in [0.2, 0.25) is 0 Å². The SMILES string of the molecule is N#Cc1cccc(-c2cc(N(c3ccccc3)c3ccc4ccc5c(N(c6ccccc6)c6cc(-c7cccc(C#N)c7)c(F)cc6F)ccc6ccc3c4c65)c(F)cc2F)c1. The largest absolute Gasteiger partial charge is 0.307 e. The molecule has 0 aliphatic rings. The number of halogens is 4. The predicted molar refractivity (Wildman–Crippen MR) is 240 cm³/mol. The van der Waals surface area contributed by atoms with Gasteiger partial charge in [0.25, 0.3) is 0 Å². The Kier molecular flexibility index (Phi) is 9.32. The molecule has 0 saturated carbocycles. The lowest BCUT2D eigenvalue weighted by atomic mass is 9.91. The molecule has 0 heterocycles. The Bertz CT molecular complexity index is 3220. The van der Waals surface area contributed by atoms with Crippen LogP contribution < -0.4 is 9.80 Å². The van der Waals surface area contributed by atoms with Crippen molar-refractivity contribution in [3.63, 3.8) is 0 Å². The van der Waals surface area contributed by atoms with Crippen LogP contribution in [0.4, 0.5) is 51.7 Å². The van der Waals surface area contributed by atoms with Crippen molar-refractivity contribution in [1.82, 2.24) is 0 Å². The molecule has 0 aliphatic carbocycles. The van der Waals surface area contributed by atoms with Gasteiger partial charge in [0, 0.05) is 45.4 Å². The molecule has 10 aromatic rings. The van der Waals surface area contributed by atoms with Gasteiger partial charge in [-0.15, -0.1) is 0 Å². The summed E-state index contributed by atoms with van der Waals surface area (Å²) in [6, 6.07) is 56.3. The maximum absolute atomic E-state index is 16.4. The van der Waals surface area contributed by atoms with Crippen LogP contribution in [0.2, 0.25) is 0 Å². The van der Waals surface area contributed by atoms with Gasteiger partial charge in [-0.3, -0.25) is 0 Å². The fourth-order valence-corrected chi connectivity index (χ4v) is 8.50. The minimum atomic E-state index is -0.780. The molecule has 0 radical (unpaired) electrons. The van der Waals surface area contributed by atoms with E-state index in [0.29, 0.717) is 45.0 Å². The standard InChI is InChI=1S/C54H30F4N4/c55-45-29-47(57)51(27-43(45)37-11-7-9-33(25-37)31-59)61(39-13-3-1-4-14-39)49-23-19-35-18-22-42-50(24-20-36-17-21-41(49)53(35)54(36)42)62(40-15-5-2-6-16-40)52-28-44(46(56)30-48(52)58)38-12-8-10-34(26-38)32-60/h1-30H. The summed E-state index contributed by atoms with van der Waals surface area (Å²) in [5, 5.41) is 24.3. The van der Waals surface area contributed by atoms with Crippen LogP contribution in [0.5, 0.6) is 0 Å². The van der Waals surface area contributed by atoms with E-state index in [1.165, 1.54) is 12.1 Å². The molecule has 0 amide bonds. The molecule has 0 bridgehead atoms. The minimum absolute atomic E-state index is 0.101. The number of anilines is 6. The summed E-state index contributed by atoms with van der Waals surface area (Å²) < 4.78 is 64.2. The monoisotopic (exact) mass is 810 g/mol. The molecule has 0 atom stereocenters. The van der Waals surface area contributed by atoms with Crippen LogP contribution in [0.25, 0.3) is 54.6 Å². The molecule has 0 aliphatic heterocycles. The highest BCUT2D eigenvalue weighted by Gasteiger charge is 2.26. The molecule has 10 aromatic carbocycles. The maximum Gasteiger partial charge on any atom is 0.150 e. The lowest BCUT2D eigenvalue weighted by Crippen LogP contribution is -2.13. The smallest absolute Gasteiger partial charge is 0.150 e. The van der Waals surface area contributed by atoms with Crippen LogP contribution in [-0.2, 0) is 0 Å². The van der Waals surface area contributed by atoms with Crippen molar-refractivity contribution >= 4 is 66.4 Å². The van der Waals surface area contributed by atoms with Gasteiger partial charge in [-0.25, -0.2) is 17.6 Å². The number of hydrogen-bond acceptors (Lipinski definition) is 4. The predicted octanol–water partition coefficient (Wildman–Crippen LogP) is 15.2. The summed E-state index contributed by atoms with van der Waals surface area (Å²) in [6.07, 6.45) is 0. The summed E-state index contributed by atoms with van der Waals surface area (Å²) in [4.78, 5) is 3.54. The third-order valence-corrected chi connectivity index (χ3v) is 11.3. The van der Waals surface area contributed by atoms with Gasteiger partial charge < -0.3 is 9.80 Å². The van der Waals surface area contributed by atoms with Crippen molar-refractivity contribution in [2.24, 2.45) is 0 Å². The summed E-state index contributed by atoms with van der Waals surface area (Å²) in [6.45, 7) is 0. The molecule has 4 nitrogen and oxygen atoms in total. The molecule has 0 saturated heterocycles. The van der Waals surface area contributed by atoms with Gasteiger partial charge in [0.05, 0.1) is 46.0 Å². The fourth-order valence-electron chi connectivity index (χ4n) is 8.50. The molecular formula is C54H30F4N4. The Hall–Kier alpha value is -8.46. The van der Waals surface area contributed by atoms with Gasteiger partial charge in [-0.2, -0.15) is 10.5 Å². The number of rotatable bonds is 8. The lowest BCUT2D eigenvalue weighted by molar-refractivity contribution is 0.586. The molecule has 0 fully saturated rings. The van der Waals surface area contributed by atoms with E-state index in [9.17, 15) is 10.5 Å². The zero-order valence-corrected chi connectivity index (χ0v) is 32.6. The number of benzene rings is 10. The summed E-state index contributed by atoms with van der Waals surface area (Å²) in [5.74, 6) is -3.09. The Morgan fingerprint density at radius 3 is 1.16 bits per heavy atom. The van der Waals surface area contributed by atoms with E-state index >= 15 is 17.6 Å². The van der Waals surface area contributed by atoms with Gasteiger partial charge in [0.15, 0.2) is 0 Å². The van der Waals surface area contributed by atoms with Gasteiger partial charge in [-0.05, 0) is 105 Å². The average molecular weight is 811 g/mol. The molecule has 0 aromatic heterocycles. The van der Waals surface area contributed by atoms with Crippen molar-refractivity contribution in [2.45, 2.75) is 0 Å². The van der Waals surface area contributed by atoms with Crippen LogP contribution in [0.15, 0.2) is 182 Å². The van der Waals surface area contributed by atoms with Crippen molar-refractivity contribution in [3.05, 3.63) is 216 Å². The highest BCUT2D eigenvalue weighted by Crippen LogP contribution is 2.49. The molecule has 294 valence electrons. The quantitative estimate of drug-likeness (QED) is 0.113. The van der Waals surface area contributed by atoms with Crippen molar-refractivity contribution in [3.8, 4) is 34.4 Å². The van der Waals surface area contributed by atoms with Gasteiger partial charge in [-0.1, -0.05) is 97.1 Å². The average Bonchev–Trinajstić information content (AvgIpc) is 3.31. The van der Waals surface area contributed by atoms with Crippen LogP contribution in [-0.4, -0.2) is 0 Å². The van der Waals surface area contributed by atoms with E-state index in [1.54, 1.807) is 58.3 Å². The van der Waals surface area contributed by atoms with E-state index in [1.807, 2.05) is 109 Å². The first-order valence-electron chi connectivity index (χ1n) is 19.7. The first kappa shape index (κ1) is 37.8. The number of para-hydroxylation sites is 2. The third-order valence-electron chi connectivity index (χ3n) is 11.3. The van der Waals surface area contributed by atoms with Gasteiger partial charge in [0.1, 0.15) is 23.3 Å². The highest BCUT2D eigenvalue weighted by molar-refractivity contribution is 6.28. The molecule has 0 N–H and O–H groups in total. The first-order chi connectivity index (χ1) is 30.3. The Morgan fingerprint density at radius 2 is 0.758 bits per heavy atom. The summed E-state index contributed by atoms with van der Waals surface area (Å²) in [7, 11) is 0. The van der Waals surface area contributed by atoms with Crippen LogP contribution >= 0.6 is 0 Å². The van der Waals surface area contributed by atoms with Crippen LogP contribution in [0.3, 0.4) is 0 Å². The first-order valence-corrected chi connectivity index (χ1v) is 19.7. The summed E-state index contributed by atoms with van der Waals surface area (Å²) in [5.41, 5.74) is 4.53. The zero-order chi connectivity index (χ0) is 42.5. The Balaban J connectivity index is 1.21. The van der Waals surface area contributed by atoms with E-state index in [2.05, 4.69) is 12.1 Å². The zero-order valence-electron chi connectivity index (χ0n) is 32.6. The lowest BCUT2D eigenvalue weighted by Gasteiger charge is -2.30. The van der Waals surface area contributed by atoms with Crippen LogP contribution in [0, 0.1) is 45.9 Å². The number of nitriles is 2. The number of hydrogen-bond donors (Lipinski definition) is 0. The van der Waals surface area contributed by atoms with Crippen molar-refractivity contribution < 1.29 is 17.6 Å². The van der Waals surface area contributed by atoms with Crippen molar-refractivity contribution in [2.75, 3.05) is 9.80 Å². The minimum Gasteiger partial charge on any atom is -0.307 e. The third kappa shape index (κ3) is 6.39. The molecule has 10 rings (SSSR count). The van der Waals surface area contributed by atoms with Gasteiger partial charge >= 0.3 is 0 Å². The van der Waals surface area contributed by atoms with E-state index in [-0.39, 0.29) is 22.5 Å². The van der Waals surface area contributed by atoms with Crippen LogP contribution in [0.1, 0.15) is 11.1 Å².